The lowest BCUT2D eigenvalue weighted by Crippen LogP contribution is -2.40. The van der Waals surface area contributed by atoms with Crippen molar-refractivity contribution in [3.63, 3.8) is 0 Å². The first-order chi connectivity index (χ1) is 8.27. The van der Waals surface area contributed by atoms with Gasteiger partial charge in [0.25, 0.3) is 0 Å². The molecule has 1 amide bonds. The summed E-state index contributed by atoms with van der Waals surface area (Å²) in [5.74, 6) is 0. The highest BCUT2D eigenvalue weighted by atomic mass is 16.6. The van der Waals surface area contributed by atoms with Gasteiger partial charge >= 0.3 is 6.09 Å². The van der Waals surface area contributed by atoms with Gasteiger partial charge in [-0.15, -0.1) is 0 Å². The molecule has 4 nitrogen and oxygen atoms in total. The lowest BCUT2D eigenvalue weighted by atomic mass is 10.1. The first-order valence-corrected chi connectivity index (χ1v) is 5.96. The summed E-state index contributed by atoms with van der Waals surface area (Å²) in [4.78, 5) is 13.6. The van der Waals surface area contributed by atoms with E-state index < -0.39 is 0 Å². The average Bonchev–Trinajstić information content (AvgIpc) is 2.71. The standard InChI is InChI=1S/C13H18N2O2/c1-3-10-6-4-5-7-12(10)15-11(8-14-2)9-17-13(15)16/h4-7,11,14H,3,8-9H2,1-2H3. The van der Waals surface area contributed by atoms with Gasteiger partial charge in [-0.1, -0.05) is 25.1 Å². The molecule has 1 aromatic carbocycles. The van der Waals surface area contributed by atoms with Crippen LogP contribution in [-0.2, 0) is 11.2 Å². The predicted octanol–water partition coefficient (Wildman–Crippen LogP) is 1.79. The number of rotatable bonds is 4. The van der Waals surface area contributed by atoms with Crippen LogP contribution in [-0.4, -0.2) is 32.3 Å². The Hall–Kier alpha value is -1.55. The summed E-state index contributed by atoms with van der Waals surface area (Å²) in [5, 5.41) is 3.09. The minimum absolute atomic E-state index is 0.0835. The van der Waals surface area contributed by atoms with E-state index >= 15 is 0 Å². The fraction of sp³-hybridized carbons (Fsp3) is 0.462. The first kappa shape index (κ1) is 11.9. The molecule has 1 atom stereocenters. The fourth-order valence-corrected chi connectivity index (χ4v) is 2.19. The number of nitrogens with zero attached hydrogens (tertiary/aromatic N) is 1. The van der Waals surface area contributed by atoms with E-state index in [1.165, 1.54) is 5.56 Å². The second-order valence-electron chi connectivity index (χ2n) is 4.14. The van der Waals surface area contributed by atoms with E-state index in [1.807, 2.05) is 25.2 Å². The maximum absolute atomic E-state index is 11.8. The molecule has 2 rings (SSSR count). The first-order valence-electron chi connectivity index (χ1n) is 5.96. The van der Waals surface area contributed by atoms with Crippen LogP contribution < -0.4 is 10.2 Å². The molecule has 92 valence electrons. The third kappa shape index (κ3) is 2.26. The predicted molar refractivity (Wildman–Crippen MR) is 67.4 cm³/mol. The van der Waals surface area contributed by atoms with Crippen LogP contribution in [0.1, 0.15) is 12.5 Å². The van der Waals surface area contributed by atoms with Crippen molar-refractivity contribution >= 4 is 11.8 Å². The van der Waals surface area contributed by atoms with Crippen molar-refractivity contribution in [2.75, 3.05) is 25.1 Å². The number of hydrogen-bond donors (Lipinski definition) is 1. The number of benzene rings is 1. The van der Waals surface area contributed by atoms with Crippen LogP contribution in [0.25, 0.3) is 0 Å². The van der Waals surface area contributed by atoms with E-state index in [0.717, 1.165) is 18.7 Å². The molecule has 1 N–H and O–H groups in total. The normalized spacial score (nSPS) is 19.5. The van der Waals surface area contributed by atoms with E-state index in [1.54, 1.807) is 4.90 Å². The highest BCUT2D eigenvalue weighted by molar-refractivity contribution is 5.91. The Morgan fingerprint density at radius 2 is 2.24 bits per heavy atom. The van der Waals surface area contributed by atoms with E-state index in [4.69, 9.17) is 4.74 Å². The molecule has 0 aromatic heterocycles. The number of anilines is 1. The van der Waals surface area contributed by atoms with Gasteiger partial charge in [0.15, 0.2) is 0 Å². The molecule has 1 saturated heterocycles. The molecule has 1 heterocycles. The second kappa shape index (κ2) is 5.19. The molecular weight excluding hydrogens is 216 g/mol. The molecule has 0 aliphatic carbocycles. The fourth-order valence-electron chi connectivity index (χ4n) is 2.19. The second-order valence-corrected chi connectivity index (χ2v) is 4.14. The summed E-state index contributed by atoms with van der Waals surface area (Å²) in [5.41, 5.74) is 2.14. The van der Waals surface area contributed by atoms with Crippen LogP contribution in [0.2, 0.25) is 0 Å². The number of cyclic esters (lactones) is 1. The Balaban J connectivity index is 2.32. The number of ether oxygens (including phenoxy) is 1. The molecular formula is C13H18N2O2. The van der Waals surface area contributed by atoms with Crippen molar-refractivity contribution in [2.45, 2.75) is 19.4 Å². The van der Waals surface area contributed by atoms with Gasteiger partial charge in [-0.3, -0.25) is 4.90 Å². The Kier molecular flexibility index (Phi) is 3.64. The molecule has 4 heteroatoms. The molecule has 0 spiro atoms. The maximum Gasteiger partial charge on any atom is 0.414 e. The van der Waals surface area contributed by atoms with Crippen molar-refractivity contribution in [1.82, 2.24) is 5.32 Å². The Bertz CT molecular complexity index is 406. The minimum atomic E-state index is -0.244. The van der Waals surface area contributed by atoms with E-state index in [-0.39, 0.29) is 12.1 Å². The molecule has 1 aromatic rings. The molecule has 1 unspecified atom stereocenters. The summed E-state index contributed by atoms with van der Waals surface area (Å²) < 4.78 is 5.13. The number of aryl methyl sites for hydroxylation is 1. The van der Waals surface area contributed by atoms with Crippen molar-refractivity contribution < 1.29 is 9.53 Å². The number of carbonyl (C=O) groups excluding carboxylic acids is 1. The van der Waals surface area contributed by atoms with Gasteiger partial charge in [0.1, 0.15) is 6.61 Å². The highest BCUT2D eigenvalue weighted by Crippen LogP contribution is 2.26. The summed E-state index contributed by atoms with van der Waals surface area (Å²) >= 11 is 0. The zero-order valence-electron chi connectivity index (χ0n) is 10.3. The molecule has 0 radical (unpaired) electrons. The summed E-state index contributed by atoms with van der Waals surface area (Å²) in [6, 6.07) is 8.07. The third-order valence-corrected chi connectivity index (χ3v) is 3.03. The van der Waals surface area contributed by atoms with Crippen LogP contribution in [0.3, 0.4) is 0 Å². The quantitative estimate of drug-likeness (QED) is 0.863. The van der Waals surface area contributed by atoms with Crippen LogP contribution in [0.5, 0.6) is 0 Å². The SMILES string of the molecule is CCc1ccccc1N1C(=O)OCC1CNC. The van der Waals surface area contributed by atoms with Gasteiger partial charge < -0.3 is 10.1 Å². The van der Waals surface area contributed by atoms with Crippen LogP contribution in [0.15, 0.2) is 24.3 Å². The van der Waals surface area contributed by atoms with Gasteiger partial charge in [-0.2, -0.15) is 0 Å². The van der Waals surface area contributed by atoms with Crippen LogP contribution >= 0.6 is 0 Å². The number of likely N-dealkylation sites (N-methyl/N-ethyl adjacent to an activating group) is 1. The molecule has 17 heavy (non-hydrogen) atoms. The number of hydrogen-bond acceptors (Lipinski definition) is 3. The molecule has 1 aliphatic rings. The van der Waals surface area contributed by atoms with Crippen LogP contribution in [0, 0.1) is 0 Å². The van der Waals surface area contributed by atoms with Crippen molar-refractivity contribution in [1.29, 1.82) is 0 Å². The van der Waals surface area contributed by atoms with Crippen molar-refractivity contribution in [2.24, 2.45) is 0 Å². The number of nitrogens with one attached hydrogen (secondary N) is 1. The minimum Gasteiger partial charge on any atom is -0.447 e. The monoisotopic (exact) mass is 234 g/mol. The average molecular weight is 234 g/mol. The zero-order valence-corrected chi connectivity index (χ0v) is 10.3. The van der Waals surface area contributed by atoms with Crippen molar-refractivity contribution in [3.05, 3.63) is 29.8 Å². The van der Waals surface area contributed by atoms with Gasteiger partial charge in [0, 0.05) is 6.54 Å². The maximum atomic E-state index is 11.8. The summed E-state index contributed by atoms with van der Waals surface area (Å²) in [6.07, 6.45) is 0.665. The molecule has 0 bridgehead atoms. The van der Waals surface area contributed by atoms with E-state index in [0.29, 0.717) is 6.61 Å². The molecule has 1 fully saturated rings. The largest absolute Gasteiger partial charge is 0.447 e. The Morgan fingerprint density at radius 3 is 2.94 bits per heavy atom. The van der Waals surface area contributed by atoms with Crippen LogP contribution in [0.4, 0.5) is 10.5 Å². The molecule has 0 saturated carbocycles. The van der Waals surface area contributed by atoms with E-state index in [9.17, 15) is 4.79 Å². The van der Waals surface area contributed by atoms with Crippen molar-refractivity contribution in [3.8, 4) is 0 Å². The smallest absolute Gasteiger partial charge is 0.414 e. The topological polar surface area (TPSA) is 41.6 Å². The molecule has 1 aliphatic heterocycles. The van der Waals surface area contributed by atoms with Gasteiger partial charge in [-0.25, -0.2) is 4.79 Å². The third-order valence-electron chi connectivity index (χ3n) is 3.03. The lowest BCUT2D eigenvalue weighted by Gasteiger charge is -2.23. The van der Waals surface area contributed by atoms with Gasteiger partial charge in [-0.05, 0) is 25.1 Å². The van der Waals surface area contributed by atoms with Gasteiger partial charge in [0.05, 0.1) is 11.7 Å². The Morgan fingerprint density at radius 1 is 1.47 bits per heavy atom. The number of amides is 1. The highest BCUT2D eigenvalue weighted by Gasteiger charge is 2.34. The zero-order chi connectivity index (χ0) is 12.3. The number of para-hydroxylation sites is 1. The van der Waals surface area contributed by atoms with E-state index in [2.05, 4.69) is 18.3 Å². The summed E-state index contributed by atoms with van der Waals surface area (Å²) in [6.45, 7) is 3.29. The van der Waals surface area contributed by atoms with Gasteiger partial charge in [0.2, 0.25) is 0 Å². The Labute approximate surface area is 102 Å². The lowest BCUT2D eigenvalue weighted by molar-refractivity contribution is 0.178. The summed E-state index contributed by atoms with van der Waals surface area (Å²) in [7, 11) is 1.88. The number of carbonyl (C=O) groups is 1.